The molecule has 20 heavy (non-hydrogen) atoms. The van der Waals surface area contributed by atoms with Crippen molar-refractivity contribution in [3.63, 3.8) is 0 Å². The second-order valence-electron chi connectivity index (χ2n) is 3.97. The number of nitrogens with one attached hydrogen (secondary N) is 2. The molecule has 1 aromatic rings. The predicted octanol–water partition coefficient (Wildman–Crippen LogP) is 0.819. The third-order valence-corrected chi connectivity index (χ3v) is 5.29. The van der Waals surface area contributed by atoms with Crippen LogP contribution in [-0.2, 0) is 16.2 Å². The number of aliphatic hydroxyl groups excluding tert-OH is 1. The maximum absolute atomic E-state index is 12.6. The Morgan fingerprint density at radius 3 is 2.60 bits per heavy atom. The number of rotatable bonds is 6. The van der Waals surface area contributed by atoms with Crippen LogP contribution in [-0.4, -0.2) is 47.9 Å². The molecule has 0 aliphatic rings. The van der Waals surface area contributed by atoms with Gasteiger partial charge in [0, 0.05) is 11.3 Å². The van der Waals surface area contributed by atoms with Crippen molar-refractivity contribution in [3.05, 3.63) is 11.9 Å². The highest BCUT2D eigenvalue weighted by Gasteiger charge is 2.40. The van der Waals surface area contributed by atoms with Crippen molar-refractivity contribution in [2.24, 2.45) is 0 Å². The normalized spacial score (nSPS) is 16.1. The molecule has 0 radical (unpaired) electrons. The van der Waals surface area contributed by atoms with Crippen molar-refractivity contribution in [3.8, 4) is 0 Å². The molecule has 1 rings (SSSR count). The molecule has 0 spiro atoms. The first-order valence-electron chi connectivity index (χ1n) is 5.40. The van der Waals surface area contributed by atoms with Crippen molar-refractivity contribution in [2.45, 2.75) is 29.3 Å². The van der Waals surface area contributed by atoms with Crippen LogP contribution in [0, 0.1) is 0 Å². The standard InChI is InChI=1S/C9H14F3N3O3S2/c1-5(6(4-16)19-2)15-20(17,18)7-3-13-14-8(7)9(10,11)12/h3,5-6,15-16H,4H2,1-2H3,(H,13,14). The number of H-pyrrole nitrogens is 1. The first-order chi connectivity index (χ1) is 9.13. The summed E-state index contributed by atoms with van der Waals surface area (Å²) >= 11 is 1.20. The molecule has 6 nitrogen and oxygen atoms in total. The fourth-order valence-corrected chi connectivity index (χ4v) is 3.62. The largest absolute Gasteiger partial charge is 0.434 e. The number of sulfonamides is 1. The van der Waals surface area contributed by atoms with Crippen LogP contribution in [0.25, 0.3) is 0 Å². The molecule has 0 saturated heterocycles. The fraction of sp³-hybridized carbons (Fsp3) is 0.667. The molecule has 1 heterocycles. The van der Waals surface area contributed by atoms with Gasteiger partial charge in [-0.15, -0.1) is 0 Å². The summed E-state index contributed by atoms with van der Waals surface area (Å²) in [5.41, 5.74) is -1.43. The van der Waals surface area contributed by atoms with Crippen molar-refractivity contribution < 1.29 is 26.7 Å². The number of hydrogen-bond donors (Lipinski definition) is 3. The van der Waals surface area contributed by atoms with Gasteiger partial charge in [0.15, 0.2) is 5.69 Å². The molecule has 0 bridgehead atoms. The van der Waals surface area contributed by atoms with Crippen molar-refractivity contribution in [2.75, 3.05) is 12.9 Å². The Morgan fingerprint density at radius 2 is 2.15 bits per heavy atom. The van der Waals surface area contributed by atoms with Crippen LogP contribution >= 0.6 is 11.8 Å². The minimum absolute atomic E-state index is 0.303. The number of nitrogens with zero attached hydrogens (tertiary/aromatic N) is 1. The number of halogens is 3. The van der Waals surface area contributed by atoms with E-state index in [1.54, 1.807) is 11.4 Å². The van der Waals surface area contributed by atoms with Crippen LogP contribution in [0.4, 0.5) is 13.2 Å². The summed E-state index contributed by atoms with van der Waals surface area (Å²) in [6, 6.07) is -0.740. The van der Waals surface area contributed by atoms with Crippen molar-refractivity contribution in [1.82, 2.24) is 14.9 Å². The number of aromatic amines is 1. The van der Waals surface area contributed by atoms with Crippen LogP contribution in [0.1, 0.15) is 12.6 Å². The zero-order valence-corrected chi connectivity index (χ0v) is 12.2. The Labute approximate surface area is 118 Å². The summed E-state index contributed by atoms with van der Waals surface area (Å²) in [6.07, 6.45) is -2.59. The van der Waals surface area contributed by atoms with Gasteiger partial charge in [-0.05, 0) is 13.2 Å². The fourth-order valence-electron chi connectivity index (χ4n) is 1.50. The third-order valence-electron chi connectivity index (χ3n) is 2.56. The maximum Gasteiger partial charge on any atom is 0.434 e. The molecule has 2 unspecified atom stereocenters. The summed E-state index contributed by atoms with van der Waals surface area (Å²) in [5.74, 6) is 0. The number of aliphatic hydroxyl groups is 1. The molecule has 11 heteroatoms. The quantitative estimate of drug-likeness (QED) is 0.716. The number of hydrogen-bond acceptors (Lipinski definition) is 5. The lowest BCUT2D eigenvalue weighted by atomic mass is 10.3. The van der Waals surface area contributed by atoms with E-state index in [2.05, 4.69) is 9.82 Å². The summed E-state index contributed by atoms with van der Waals surface area (Å²) in [4.78, 5) is -0.963. The van der Waals surface area contributed by atoms with Crippen LogP contribution in [0.3, 0.4) is 0 Å². The van der Waals surface area contributed by atoms with E-state index in [9.17, 15) is 21.6 Å². The Balaban J connectivity index is 3.04. The van der Waals surface area contributed by atoms with E-state index >= 15 is 0 Å². The Morgan fingerprint density at radius 1 is 1.55 bits per heavy atom. The molecular formula is C9H14F3N3O3S2. The van der Waals surface area contributed by atoms with E-state index in [1.807, 2.05) is 0 Å². The van der Waals surface area contributed by atoms with Gasteiger partial charge < -0.3 is 5.11 Å². The maximum atomic E-state index is 12.6. The molecular weight excluding hydrogens is 319 g/mol. The minimum atomic E-state index is -4.85. The van der Waals surface area contributed by atoms with Gasteiger partial charge in [0.1, 0.15) is 4.90 Å². The predicted molar refractivity (Wildman–Crippen MR) is 67.8 cm³/mol. The van der Waals surface area contributed by atoms with Crippen LogP contribution in [0.5, 0.6) is 0 Å². The molecule has 0 saturated carbocycles. The molecule has 1 aromatic heterocycles. The zero-order valence-electron chi connectivity index (χ0n) is 10.6. The van der Waals surface area contributed by atoms with E-state index < -0.39 is 38.1 Å². The van der Waals surface area contributed by atoms with Gasteiger partial charge in [0.05, 0.1) is 12.8 Å². The number of thioether (sulfide) groups is 1. The third kappa shape index (κ3) is 3.87. The Bertz CT molecular complexity index is 540. The molecule has 0 fully saturated rings. The zero-order chi connectivity index (χ0) is 15.6. The smallest absolute Gasteiger partial charge is 0.395 e. The number of aromatic nitrogens is 2. The summed E-state index contributed by atoms with van der Waals surface area (Å²) in [5, 5.41) is 13.3. The molecule has 0 aliphatic heterocycles. The first-order valence-corrected chi connectivity index (χ1v) is 8.17. The van der Waals surface area contributed by atoms with Gasteiger partial charge >= 0.3 is 6.18 Å². The highest BCUT2D eigenvalue weighted by atomic mass is 32.2. The molecule has 0 aromatic carbocycles. The topological polar surface area (TPSA) is 95.1 Å². The molecule has 0 amide bonds. The molecule has 3 N–H and O–H groups in total. The van der Waals surface area contributed by atoms with Gasteiger partial charge in [-0.3, -0.25) is 5.10 Å². The van der Waals surface area contributed by atoms with Crippen LogP contribution in [0.2, 0.25) is 0 Å². The van der Waals surface area contributed by atoms with E-state index in [0.717, 1.165) is 0 Å². The van der Waals surface area contributed by atoms with Gasteiger partial charge in [-0.25, -0.2) is 13.1 Å². The number of alkyl halides is 3. The van der Waals surface area contributed by atoms with Gasteiger partial charge in [-0.2, -0.15) is 30.0 Å². The lowest BCUT2D eigenvalue weighted by molar-refractivity contribution is -0.143. The molecule has 116 valence electrons. The van der Waals surface area contributed by atoms with E-state index in [0.29, 0.717) is 6.20 Å². The monoisotopic (exact) mass is 333 g/mol. The average Bonchev–Trinajstić information content (AvgIpc) is 2.78. The first kappa shape index (κ1) is 17.3. The van der Waals surface area contributed by atoms with Gasteiger partial charge in [0.2, 0.25) is 10.0 Å². The SMILES string of the molecule is CSC(CO)C(C)NS(=O)(=O)c1cn[nH]c1C(F)(F)F. The second kappa shape index (κ2) is 6.33. The molecule has 2 atom stereocenters. The van der Waals surface area contributed by atoms with Crippen LogP contribution in [0.15, 0.2) is 11.1 Å². The minimum Gasteiger partial charge on any atom is -0.395 e. The van der Waals surface area contributed by atoms with Crippen molar-refractivity contribution in [1.29, 1.82) is 0 Å². The highest BCUT2D eigenvalue weighted by Crippen LogP contribution is 2.32. The Hall–Kier alpha value is -0.780. The van der Waals surface area contributed by atoms with Gasteiger partial charge in [-0.1, -0.05) is 0 Å². The Kier molecular flexibility index (Phi) is 5.46. The second-order valence-corrected chi connectivity index (χ2v) is 6.73. The summed E-state index contributed by atoms with van der Waals surface area (Å²) in [7, 11) is -4.38. The summed E-state index contributed by atoms with van der Waals surface area (Å²) < 4.78 is 63.9. The van der Waals surface area contributed by atoms with Crippen molar-refractivity contribution >= 4 is 21.8 Å². The lowest BCUT2D eigenvalue weighted by Crippen LogP contribution is -2.41. The van der Waals surface area contributed by atoms with E-state index in [-0.39, 0.29) is 6.61 Å². The van der Waals surface area contributed by atoms with E-state index in [4.69, 9.17) is 5.11 Å². The van der Waals surface area contributed by atoms with Crippen LogP contribution < -0.4 is 4.72 Å². The average molecular weight is 333 g/mol. The summed E-state index contributed by atoms with van der Waals surface area (Å²) in [6.45, 7) is 1.16. The van der Waals surface area contributed by atoms with Gasteiger partial charge in [0.25, 0.3) is 0 Å². The molecule has 0 aliphatic carbocycles. The highest BCUT2D eigenvalue weighted by molar-refractivity contribution is 7.99. The lowest BCUT2D eigenvalue weighted by Gasteiger charge is -2.21. The van der Waals surface area contributed by atoms with E-state index in [1.165, 1.54) is 18.7 Å².